The van der Waals surface area contributed by atoms with E-state index in [2.05, 4.69) is 10.4 Å². The van der Waals surface area contributed by atoms with Crippen molar-refractivity contribution in [3.63, 3.8) is 0 Å². The zero-order chi connectivity index (χ0) is 9.10. The van der Waals surface area contributed by atoms with Crippen LogP contribution in [0.2, 0.25) is 0 Å². The minimum Gasteiger partial charge on any atom is -0.312 e. The summed E-state index contributed by atoms with van der Waals surface area (Å²) in [5, 5.41) is 6.32. The van der Waals surface area contributed by atoms with Gasteiger partial charge in [-0.1, -0.05) is 6.42 Å². The van der Waals surface area contributed by atoms with E-state index < -0.39 is 0 Å². The van der Waals surface area contributed by atoms with Gasteiger partial charge in [0.1, 0.15) is 0 Å². The van der Waals surface area contributed by atoms with E-state index in [4.69, 9.17) is 0 Å². The van der Waals surface area contributed by atoms with Crippen LogP contribution in [0.3, 0.4) is 0 Å². The molecule has 4 nitrogen and oxygen atoms in total. The van der Waals surface area contributed by atoms with Crippen molar-refractivity contribution >= 4 is 0 Å². The maximum atomic E-state index is 11.2. The summed E-state index contributed by atoms with van der Waals surface area (Å²) in [7, 11) is 0. The van der Waals surface area contributed by atoms with Gasteiger partial charge >= 0.3 is 0 Å². The summed E-state index contributed by atoms with van der Waals surface area (Å²) >= 11 is 0. The molecule has 1 aromatic heterocycles. The number of nitrogens with zero attached hydrogens (tertiary/aromatic N) is 1. The molecule has 1 aromatic rings. The lowest BCUT2D eigenvalue weighted by Crippen LogP contribution is -2.39. The molecule has 0 spiro atoms. The standard InChI is InChI=1S/C9H15N3O/c13-9-4-6-11-12(9)7-8-3-1-2-5-10-8/h4,6,8,10-11H,1-3,5,7H2/t8-/m1/s1. The topological polar surface area (TPSA) is 49.8 Å². The Kier molecular flexibility index (Phi) is 2.49. The molecular weight excluding hydrogens is 166 g/mol. The Morgan fingerprint density at radius 2 is 2.46 bits per heavy atom. The molecule has 1 atom stereocenters. The van der Waals surface area contributed by atoms with Crippen LogP contribution in [-0.4, -0.2) is 22.4 Å². The average molecular weight is 181 g/mol. The maximum absolute atomic E-state index is 11.2. The summed E-state index contributed by atoms with van der Waals surface area (Å²) in [5.41, 5.74) is 0.0624. The van der Waals surface area contributed by atoms with E-state index in [0.29, 0.717) is 6.04 Å². The van der Waals surface area contributed by atoms with Crippen LogP contribution in [0.15, 0.2) is 17.1 Å². The third-order valence-corrected chi connectivity index (χ3v) is 2.54. The number of nitrogens with one attached hydrogen (secondary N) is 2. The highest BCUT2D eigenvalue weighted by Crippen LogP contribution is 2.07. The van der Waals surface area contributed by atoms with Crippen LogP contribution in [0.5, 0.6) is 0 Å². The first-order chi connectivity index (χ1) is 6.36. The Morgan fingerprint density at radius 3 is 3.08 bits per heavy atom. The van der Waals surface area contributed by atoms with Gasteiger partial charge in [0.2, 0.25) is 0 Å². The first kappa shape index (κ1) is 8.56. The van der Waals surface area contributed by atoms with Crippen LogP contribution < -0.4 is 10.9 Å². The Morgan fingerprint density at radius 1 is 1.54 bits per heavy atom. The SMILES string of the molecule is O=c1cc[nH]n1C[C@H]1CCCCN1. The van der Waals surface area contributed by atoms with Crippen LogP contribution >= 0.6 is 0 Å². The molecule has 72 valence electrons. The third-order valence-electron chi connectivity index (χ3n) is 2.54. The van der Waals surface area contributed by atoms with Gasteiger partial charge in [0.15, 0.2) is 0 Å². The van der Waals surface area contributed by atoms with E-state index in [1.165, 1.54) is 19.3 Å². The van der Waals surface area contributed by atoms with Gasteiger partial charge in [-0.05, 0) is 19.4 Å². The molecule has 2 heterocycles. The summed E-state index contributed by atoms with van der Waals surface area (Å²) < 4.78 is 1.66. The van der Waals surface area contributed by atoms with Crippen LogP contribution in [0, 0.1) is 0 Å². The normalized spacial score (nSPS) is 23.2. The number of piperidine rings is 1. The molecular formula is C9H15N3O. The van der Waals surface area contributed by atoms with Crippen molar-refractivity contribution < 1.29 is 0 Å². The summed E-state index contributed by atoms with van der Waals surface area (Å²) in [6, 6.07) is 2.02. The van der Waals surface area contributed by atoms with Crippen molar-refractivity contribution in [3.8, 4) is 0 Å². The van der Waals surface area contributed by atoms with Crippen LogP contribution in [-0.2, 0) is 6.54 Å². The van der Waals surface area contributed by atoms with Gasteiger partial charge in [0.25, 0.3) is 5.56 Å². The lowest BCUT2D eigenvalue weighted by molar-refractivity contribution is 0.348. The van der Waals surface area contributed by atoms with Crippen molar-refractivity contribution in [1.82, 2.24) is 15.1 Å². The second-order valence-electron chi connectivity index (χ2n) is 3.56. The molecule has 0 radical (unpaired) electrons. The van der Waals surface area contributed by atoms with Crippen molar-refractivity contribution in [2.45, 2.75) is 31.8 Å². The lowest BCUT2D eigenvalue weighted by atomic mass is 10.1. The molecule has 1 aliphatic heterocycles. The summed E-state index contributed by atoms with van der Waals surface area (Å²) in [6.07, 6.45) is 5.39. The number of rotatable bonds is 2. The van der Waals surface area contributed by atoms with Gasteiger partial charge in [-0.2, -0.15) is 0 Å². The molecule has 1 fully saturated rings. The molecule has 2 N–H and O–H groups in total. The second-order valence-corrected chi connectivity index (χ2v) is 3.56. The highest BCUT2D eigenvalue weighted by Gasteiger charge is 2.13. The average Bonchev–Trinajstić information content (AvgIpc) is 2.54. The molecule has 1 saturated heterocycles. The number of H-pyrrole nitrogens is 1. The monoisotopic (exact) mass is 181 g/mol. The fourth-order valence-electron chi connectivity index (χ4n) is 1.80. The Labute approximate surface area is 76.9 Å². The predicted octanol–water partition coefficient (Wildman–Crippen LogP) is 0.318. The van der Waals surface area contributed by atoms with E-state index >= 15 is 0 Å². The Balaban J connectivity index is 1.97. The molecule has 0 amide bonds. The second kappa shape index (κ2) is 3.79. The van der Waals surface area contributed by atoms with Crippen molar-refractivity contribution in [1.29, 1.82) is 0 Å². The fraction of sp³-hybridized carbons (Fsp3) is 0.667. The van der Waals surface area contributed by atoms with Crippen molar-refractivity contribution in [3.05, 3.63) is 22.6 Å². The van der Waals surface area contributed by atoms with Crippen molar-refractivity contribution in [2.75, 3.05) is 6.54 Å². The van der Waals surface area contributed by atoms with Crippen LogP contribution in [0.4, 0.5) is 0 Å². The van der Waals surface area contributed by atoms with Crippen LogP contribution in [0.1, 0.15) is 19.3 Å². The first-order valence-electron chi connectivity index (χ1n) is 4.84. The van der Waals surface area contributed by atoms with E-state index in [-0.39, 0.29) is 5.56 Å². The molecule has 2 rings (SSSR count). The number of hydrogen-bond donors (Lipinski definition) is 2. The summed E-state index contributed by atoms with van der Waals surface area (Å²) in [6.45, 7) is 1.85. The van der Waals surface area contributed by atoms with Crippen LogP contribution in [0.25, 0.3) is 0 Å². The van der Waals surface area contributed by atoms with Crippen molar-refractivity contribution in [2.24, 2.45) is 0 Å². The molecule has 0 unspecified atom stereocenters. The molecule has 1 aliphatic rings. The fourth-order valence-corrected chi connectivity index (χ4v) is 1.80. The van der Waals surface area contributed by atoms with Gasteiger partial charge in [0, 0.05) is 18.3 Å². The van der Waals surface area contributed by atoms with Gasteiger partial charge in [-0.25, -0.2) is 0 Å². The first-order valence-corrected chi connectivity index (χ1v) is 4.84. The number of hydrogen-bond acceptors (Lipinski definition) is 2. The zero-order valence-electron chi connectivity index (χ0n) is 7.62. The quantitative estimate of drug-likeness (QED) is 0.690. The van der Waals surface area contributed by atoms with E-state index in [1.54, 1.807) is 16.9 Å². The van der Waals surface area contributed by atoms with Gasteiger partial charge in [-0.3, -0.25) is 9.48 Å². The molecule has 0 bridgehead atoms. The van der Waals surface area contributed by atoms with E-state index in [0.717, 1.165) is 13.1 Å². The molecule has 0 saturated carbocycles. The van der Waals surface area contributed by atoms with E-state index in [1.807, 2.05) is 0 Å². The molecule has 0 aromatic carbocycles. The predicted molar refractivity (Wildman–Crippen MR) is 50.7 cm³/mol. The third kappa shape index (κ3) is 2.01. The molecule has 0 aliphatic carbocycles. The van der Waals surface area contributed by atoms with E-state index in [9.17, 15) is 4.79 Å². The lowest BCUT2D eigenvalue weighted by Gasteiger charge is -2.23. The highest BCUT2D eigenvalue weighted by molar-refractivity contribution is 4.82. The Hall–Kier alpha value is -1.03. The minimum absolute atomic E-state index is 0.0624. The highest BCUT2D eigenvalue weighted by atomic mass is 16.1. The smallest absolute Gasteiger partial charge is 0.266 e. The number of aromatic amines is 1. The van der Waals surface area contributed by atoms with Gasteiger partial charge < -0.3 is 10.4 Å². The minimum atomic E-state index is 0.0624. The van der Waals surface area contributed by atoms with Gasteiger partial charge in [0.05, 0.1) is 6.54 Å². The Bertz CT molecular complexity index is 309. The molecule has 13 heavy (non-hydrogen) atoms. The molecule has 4 heteroatoms. The maximum Gasteiger partial charge on any atom is 0.266 e. The zero-order valence-corrected chi connectivity index (χ0v) is 7.62. The largest absolute Gasteiger partial charge is 0.312 e. The summed E-state index contributed by atoms with van der Waals surface area (Å²) in [5.74, 6) is 0. The van der Waals surface area contributed by atoms with Gasteiger partial charge in [-0.15, -0.1) is 0 Å². The number of aromatic nitrogens is 2. The summed E-state index contributed by atoms with van der Waals surface area (Å²) in [4.78, 5) is 11.2.